The topological polar surface area (TPSA) is 58.6 Å². The summed E-state index contributed by atoms with van der Waals surface area (Å²) in [5.41, 5.74) is 1.12. The molecule has 0 radical (unpaired) electrons. The van der Waals surface area contributed by atoms with Gasteiger partial charge in [-0.1, -0.05) is 41.9 Å². The molecule has 0 saturated carbocycles. The van der Waals surface area contributed by atoms with Gasteiger partial charge in [0.25, 0.3) is 0 Å². The van der Waals surface area contributed by atoms with Crippen molar-refractivity contribution in [3.63, 3.8) is 0 Å². The molecule has 142 valence electrons. The van der Waals surface area contributed by atoms with Gasteiger partial charge in [0.1, 0.15) is 6.10 Å². The quantitative estimate of drug-likeness (QED) is 0.811. The molecule has 27 heavy (non-hydrogen) atoms. The third kappa shape index (κ3) is 4.22. The Morgan fingerprint density at radius 1 is 1.07 bits per heavy atom. The van der Waals surface area contributed by atoms with Gasteiger partial charge in [-0.05, 0) is 30.5 Å². The molecule has 6 nitrogen and oxygen atoms in total. The predicted molar refractivity (Wildman–Crippen MR) is 104 cm³/mol. The lowest BCUT2D eigenvalue weighted by molar-refractivity contribution is -0.143. The van der Waals surface area contributed by atoms with Crippen LogP contribution in [0.4, 0.5) is 5.82 Å². The Hall–Kier alpha value is -2.18. The zero-order valence-corrected chi connectivity index (χ0v) is 15.9. The van der Waals surface area contributed by atoms with Gasteiger partial charge in [-0.2, -0.15) is 0 Å². The van der Waals surface area contributed by atoms with Crippen molar-refractivity contribution >= 4 is 23.3 Å². The Morgan fingerprint density at radius 2 is 1.93 bits per heavy atom. The van der Waals surface area contributed by atoms with Crippen molar-refractivity contribution < 1.29 is 9.53 Å². The van der Waals surface area contributed by atoms with Gasteiger partial charge < -0.3 is 14.5 Å². The van der Waals surface area contributed by atoms with Gasteiger partial charge in [0.05, 0.1) is 19.1 Å². The molecule has 1 amide bonds. The number of amides is 1. The van der Waals surface area contributed by atoms with Crippen molar-refractivity contribution in [2.45, 2.75) is 18.9 Å². The number of nitrogens with zero attached hydrogens (tertiary/aromatic N) is 4. The van der Waals surface area contributed by atoms with Crippen LogP contribution in [0.1, 0.15) is 24.5 Å². The number of rotatable bonds is 3. The highest BCUT2D eigenvalue weighted by molar-refractivity contribution is 6.29. The van der Waals surface area contributed by atoms with Crippen molar-refractivity contribution in [3.8, 4) is 0 Å². The van der Waals surface area contributed by atoms with Gasteiger partial charge in [-0.3, -0.25) is 4.79 Å². The first-order valence-corrected chi connectivity index (χ1v) is 9.78. The molecule has 0 aliphatic carbocycles. The van der Waals surface area contributed by atoms with E-state index in [-0.39, 0.29) is 17.9 Å². The summed E-state index contributed by atoms with van der Waals surface area (Å²) in [6.45, 7) is 3.39. The highest BCUT2D eigenvalue weighted by Crippen LogP contribution is 2.27. The number of ether oxygens (including phenoxy) is 1. The van der Waals surface area contributed by atoms with Crippen LogP contribution in [0.5, 0.6) is 0 Å². The number of halogens is 1. The van der Waals surface area contributed by atoms with E-state index in [4.69, 9.17) is 16.3 Å². The fourth-order valence-electron chi connectivity index (χ4n) is 3.84. The molecular weight excluding hydrogens is 364 g/mol. The average molecular weight is 387 g/mol. The largest absolute Gasteiger partial charge is 0.370 e. The fourth-order valence-corrected chi connectivity index (χ4v) is 3.94. The molecule has 4 rings (SSSR count). The number of benzene rings is 1. The molecule has 2 aliphatic rings. The number of hydrogen-bond acceptors (Lipinski definition) is 5. The van der Waals surface area contributed by atoms with E-state index in [1.807, 2.05) is 29.2 Å². The Balaban J connectivity index is 1.41. The molecule has 0 spiro atoms. The van der Waals surface area contributed by atoms with Gasteiger partial charge in [0.15, 0.2) is 11.0 Å². The highest BCUT2D eigenvalue weighted by Gasteiger charge is 2.33. The lowest BCUT2D eigenvalue weighted by atomic mass is 9.95. The Kier molecular flexibility index (Phi) is 5.55. The van der Waals surface area contributed by atoms with Crippen molar-refractivity contribution in [1.82, 2.24) is 15.1 Å². The van der Waals surface area contributed by atoms with Crippen LogP contribution in [0, 0.1) is 5.92 Å². The van der Waals surface area contributed by atoms with Crippen LogP contribution < -0.4 is 4.90 Å². The highest BCUT2D eigenvalue weighted by atomic mass is 35.5. The zero-order chi connectivity index (χ0) is 18.6. The summed E-state index contributed by atoms with van der Waals surface area (Å²) in [6, 6.07) is 13.7. The molecule has 3 heterocycles. The minimum Gasteiger partial charge on any atom is -0.370 e. The van der Waals surface area contributed by atoms with Gasteiger partial charge in [0, 0.05) is 19.6 Å². The lowest BCUT2D eigenvalue weighted by Gasteiger charge is -2.38. The Morgan fingerprint density at radius 3 is 2.70 bits per heavy atom. The Labute approximate surface area is 164 Å². The predicted octanol–water partition coefficient (Wildman–Crippen LogP) is 2.95. The van der Waals surface area contributed by atoms with Crippen LogP contribution in [0.2, 0.25) is 5.15 Å². The van der Waals surface area contributed by atoms with Gasteiger partial charge in [-0.25, -0.2) is 0 Å². The number of morpholine rings is 1. The lowest BCUT2D eigenvalue weighted by Crippen LogP contribution is -2.49. The molecule has 2 fully saturated rings. The summed E-state index contributed by atoms with van der Waals surface area (Å²) in [6.07, 6.45) is 1.82. The zero-order valence-electron chi connectivity index (χ0n) is 15.1. The summed E-state index contributed by atoms with van der Waals surface area (Å²) in [5, 5.41) is 8.46. The van der Waals surface area contributed by atoms with E-state index in [1.54, 1.807) is 6.07 Å². The molecule has 2 aliphatic heterocycles. The average Bonchev–Trinajstić information content (AvgIpc) is 2.74. The maximum absolute atomic E-state index is 13.1. The summed E-state index contributed by atoms with van der Waals surface area (Å²) in [4.78, 5) is 17.2. The third-order valence-corrected chi connectivity index (χ3v) is 5.46. The Bertz CT molecular complexity index is 771. The van der Waals surface area contributed by atoms with E-state index < -0.39 is 0 Å². The van der Waals surface area contributed by atoms with Crippen LogP contribution in [0.3, 0.4) is 0 Å². The number of aromatic nitrogens is 2. The van der Waals surface area contributed by atoms with Crippen molar-refractivity contribution in [2.75, 3.05) is 37.7 Å². The standard InChI is InChI=1S/C20H23ClN4O2/c21-18-8-9-19(23-22-18)24-10-4-7-16(13-24)20(26)25-11-12-27-17(14-25)15-5-2-1-3-6-15/h1-3,5-6,8-9,16-17H,4,7,10-14H2/t16-,17+/m0/s1. The summed E-state index contributed by atoms with van der Waals surface area (Å²) in [5.74, 6) is 0.970. The minimum absolute atomic E-state index is 0.0225. The fraction of sp³-hybridized carbons (Fsp3) is 0.450. The maximum atomic E-state index is 13.1. The SMILES string of the molecule is O=C([C@H]1CCCN(c2ccc(Cl)nn2)C1)N1CCO[C@@H](c2ccccc2)C1. The smallest absolute Gasteiger partial charge is 0.227 e. The number of carbonyl (C=O) groups excluding carboxylic acids is 1. The van der Waals surface area contributed by atoms with Crippen molar-refractivity contribution in [3.05, 3.63) is 53.2 Å². The maximum Gasteiger partial charge on any atom is 0.227 e. The molecule has 1 aromatic heterocycles. The van der Waals surface area contributed by atoms with Gasteiger partial charge in [0.2, 0.25) is 5.91 Å². The molecule has 2 saturated heterocycles. The van der Waals surface area contributed by atoms with Crippen LogP contribution in [-0.2, 0) is 9.53 Å². The van der Waals surface area contributed by atoms with E-state index in [1.165, 1.54) is 0 Å². The first-order chi connectivity index (χ1) is 13.2. The third-order valence-electron chi connectivity index (χ3n) is 5.26. The van der Waals surface area contributed by atoms with Crippen LogP contribution in [-0.4, -0.2) is 53.8 Å². The molecule has 0 N–H and O–H groups in total. The van der Waals surface area contributed by atoms with Crippen LogP contribution >= 0.6 is 11.6 Å². The number of hydrogen-bond donors (Lipinski definition) is 0. The number of anilines is 1. The van der Waals surface area contributed by atoms with E-state index >= 15 is 0 Å². The van der Waals surface area contributed by atoms with Gasteiger partial charge in [-0.15, -0.1) is 10.2 Å². The van der Waals surface area contributed by atoms with Crippen molar-refractivity contribution in [1.29, 1.82) is 0 Å². The monoisotopic (exact) mass is 386 g/mol. The summed E-state index contributed by atoms with van der Waals surface area (Å²) >= 11 is 5.83. The second kappa shape index (κ2) is 8.23. The van der Waals surface area contributed by atoms with E-state index in [0.717, 1.165) is 30.8 Å². The van der Waals surface area contributed by atoms with E-state index in [9.17, 15) is 4.79 Å². The van der Waals surface area contributed by atoms with E-state index in [2.05, 4.69) is 27.2 Å². The number of carbonyl (C=O) groups is 1. The molecular formula is C20H23ClN4O2. The number of piperidine rings is 1. The molecule has 1 aromatic carbocycles. The molecule has 0 unspecified atom stereocenters. The normalized spacial score (nSPS) is 23.3. The molecule has 0 bridgehead atoms. The van der Waals surface area contributed by atoms with Crippen LogP contribution in [0.25, 0.3) is 0 Å². The minimum atomic E-state index is -0.0503. The van der Waals surface area contributed by atoms with Crippen molar-refractivity contribution in [2.24, 2.45) is 5.92 Å². The molecule has 2 atom stereocenters. The second-order valence-electron chi connectivity index (χ2n) is 7.05. The molecule has 2 aromatic rings. The van der Waals surface area contributed by atoms with E-state index in [0.29, 0.717) is 31.4 Å². The molecule has 7 heteroatoms. The first-order valence-electron chi connectivity index (χ1n) is 9.40. The first kappa shape index (κ1) is 18.2. The second-order valence-corrected chi connectivity index (χ2v) is 7.44. The summed E-state index contributed by atoms with van der Waals surface area (Å²) in [7, 11) is 0. The van der Waals surface area contributed by atoms with Crippen LogP contribution in [0.15, 0.2) is 42.5 Å². The van der Waals surface area contributed by atoms with Gasteiger partial charge >= 0.3 is 0 Å². The summed E-state index contributed by atoms with van der Waals surface area (Å²) < 4.78 is 5.90.